The lowest BCUT2D eigenvalue weighted by Crippen LogP contribution is -2.48. The van der Waals surface area contributed by atoms with Gasteiger partial charge in [-0.1, -0.05) is 18.2 Å². The summed E-state index contributed by atoms with van der Waals surface area (Å²) < 4.78 is 38.3. The molecule has 1 heterocycles. The first-order chi connectivity index (χ1) is 13.4. The van der Waals surface area contributed by atoms with Crippen LogP contribution in [0, 0.1) is 0 Å². The van der Waals surface area contributed by atoms with Gasteiger partial charge in [-0.2, -0.15) is 4.31 Å². The Morgan fingerprint density at radius 1 is 0.964 bits per heavy atom. The number of rotatable bonds is 7. The Hall–Kier alpha value is -2.09. The van der Waals surface area contributed by atoms with Gasteiger partial charge in [0.05, 0.1) is 18.1 Å². The van der Waals surface area contributed by atoms with E-state index in [0.29, 0.717) is 36.8 Å². The monoisotopic (exact) mass is 404 g/mol. The van der Waals surface area contributed by atoms with Crippen LogP contribution < -0.4 is 9.47 Å². The van der Waals surface area contributed by atoms with Gasteiger partial charge in [0.1, 0.15) is 11.5 Å². The summed E-state index contributed by atoms with van der Waals surface area (Å²) in [5.41, 5.74) is 1.13. The van der Waals surface area contributed by atoms with E-state index in [-0.39, 0.29) is 6.10 Å². The molecule has 0 bridgehead atoms. The predicted molar refractivity (Wildman–Crippen MR) is 109 cm³/mol. The van der Waals surface area contributed by atoms with Crippen LogP contribution in [0.25, 0.3) is 0 Å². The molecule has 0 aromatic heterocycles. The molecule has 152 valence electrons. The van der Waals surface area contributed by atoms with Crippen LogP contribution in [0.5, 0.6) is 11.5 Å². The molecule has 0 spiro atoms. The molecule has 0 unspecified atom stereocenters. The van der Waals surface area contributed by atoms with Crippen LogP contribution in [0.4, 0.5) is 0 Å². The van der Waals surface area contributed by atoms with Crippen molar-refractivity contribution in [3.63, 3.8) is 0 Å². The molecule has 2 aromatic carbocycles. The molecule has 1 fully saturated rings. The molecule has 0 aliphatic carbocycles. The fourth-order valence-electron chi connectivity index (χ4n) is 3.27. The third-order valence-corrected chi connectivity index (χ3v) is 6.67. The summed E-state index contributed by atoms with van der Waals surface area (Å²) in [6.07, 6.45) is 0.118. The minimum Gasteiger partial charge on any atom is -0.497 e. The minimum atomic E-state index is -3.48. The molecular formula is C21H28N2O4S. The lowest BCUT2D eigenvalue weighted by atomic mass is 10.1. The molecule has 2 aromatic rings. The van der Waals surface area contributed by atoms with Gasteiger partial charge < -0.3 is 9.47 Å². The summed E-state index contributed by atoms with van der Waals surface area (Å²) in [7, 11) is -1.92. The second-order valence-corrected chi connectivity index (χ2v) is 9.07. The Bertz CT molecular complexity index is 874. The highest BCUT2D eigenvalue weighted by molar-refractivity contribution is 7.89. The van der Waals surface area contributed by atoms with E-state index in [1.807, 2.05) is 32.0 Å². The number of benzene rings is 2. The number of hydrogen-bond donors (Lipinski definition) is 0. The molecule has 1 aliphatic heterocycles. The third kappa shape index (κ3) is 4.84. The average Bonchev–Trinajstić information content (AvgIpc) is 2.69. The fourth-order valence-corrected chi connectivity index (χ4v) is 4.69. The van der Waals surface area contributed by atoms with Crippen LogP contribution in [0.1, 0.15) is 19.4 Å². The zero-order valence-corrected chi connectivity index (χ0v) is 17.5. The van der Waals surface area contributed by atoms with Gasteiger partial charge in [0.15, 0.2) is 0 Å². The SMILES string of the molecule is COc1ccc(S(=O)(=O)N2CCN(Cc3ccccc3OC(C)C)CC2)cc1. The number of para-hydroxylation sites is 1. The highest BCUT2D eigenvalue weighted by Gasteiger charge is 2.28. The Morgan fingerprint density at radius 2 is 1.61 bits per heavy atom. The first-order valence-electron chi connectivity index (χ1n) is 9.51. The summed E-state index contributed by atoms with van der Waals surface area (Å²) in [6, 6.07) is 14.6. The highest BCUT2D eigenvalue weighted by Crippen LogP contribution is 2.24. The maximum atomic E-state index is 12.9. The standard InChI is InChI=1S/C21H28N2O4S/c1-17(2)27-21-7-5-4-6-18(21)16-22-12-14-23(15-13-22)28(24,25)20-10-8-19(26-3)9-11-20/h4-11,17H,12-16H2,1-3H3. The number of nitrogens with zero attached hydrogens (tertiary/aromatic N) is 2. The molecule has 0 N–H and O–H groups in total. The van der Waals surface area contributed by atoms with Crippen LogP contribution in [0.15, 0.2) is 53.4 Å². The minimum absolute atomic E-state index is 0.118. The van der Waals surface area contributed by atoms with Gasteiger partial charge in [-0.25, -0.2) is 8.42 Å². The Balaban J connectivity index is 1.63. The summed E-state index contributed by atoms with van der Waals surface area (Å²) in [4.78, 5) is 2.57. The van der Waals surface area contributed by atoms with E-state index in [0.717, 1.165) is 17.9 Å². The van der Waals surface area contributed by atoms with Crippen molar-refractivity contribution in [1.82, 2.24) is 9.21 Å². The first kappa shape index (κ1) is 20.6. The Labute approximate surface area is 167 Å². The van der Waals surface area contributed by atoms with Crippen LogP contribution in [0.3, 0.4) is 0 Å². The Morgan fingerprint density at radius 3 is 2.21 bits per heavy atom. The van der Waals surface area contributed by atoms with Crippen molar-refractivity contribution in [2.24, 2.45) is 0 Å². The van der Waals surface area contributed by atoms with Crippen molar-refractivity contribution in [2.45, 2.75) is 31.4 Å². The van der Waals surface area contributed by atoms with E-state index in [9.17, 15) is 8.42 Å². The summed E-state index contributed by atoms with van der Waals surface area (Å²) >= 11 is 0. The number of hydrogen-bond acceptors (Lipinski definition) is 5. The van der Waals surface area contributed by atoms with Crippen molar-refractivity contribution in [3.05, 3.63) is 54.1 Å². The number of sulfonamides is 1. The lowest BCUT2D eigenvalue weighted by molar-refractivity contribution is 0.176. The van der Waals surface area contributed by atoms with Crippen molar-refractivity contribution in [2.75, 3.05) is 33.3 Å². The van der Waals surface area contributed by atoms with Crippen molar-refractivity contribution in [3.8, 4) is 11.5 Å². The van der Waals surface area contributed by atoms with E-state index >= 15 is 0 Å². The van der Waals surface area contributed by atoms with Crippen LogP contribution in [-0.2, 0) is 16.6 Å². The molecular weight excluding hydrogens is 376 g/mol. The van der Waals surface area contributed by atoms with E-state index in [4.69, 9.17) is 9.47 Å². The van der Waals surface area contributed by atoms with Gasteiger partial charge in [-0.3, -0.25) is 4.90 Å². The Kier molecular flexibility index (Phi) is 6.59. The van der Waals surface area contributed by atoms with Gasteiger partial charge in [-0.05, 0) is 44.2 Å². The van der Waals surface area contributed by atoms with Crippen LogP contribution >= 0.6 is 0 Å². The largest absolute Gasteiger partial charge is 0.497 e. The molecule has 0 radical (unpaired) electrons. The van der Waals surface area contributed by atoms with Crippen LogP contribution in [0.2, 0.25) is 0 Å². The second kappa shape index (κ2) is 8.94. The second-order valence-electron chi connectivity index (χ2n) is 7.13. The van der Waals surface area contributed by atoms with Gasteiger partial charge >= 0.3 is 0 Å². The van der Waals surface area contributed by atoms with Crippen LogP contribution in [-0.4, -0.2) is 57.0 Å². The van der Waals surface area contributed by atoms with Gasteiger partial charge in [-0.15, -0.1) is 0 Å². The fraction of sp³-hybridized carbons (Fsp3) is 0.429. The van der Waals surface area contributed by atoms with Gasteiger partial charge in [0.25, 0.3) is 0 Å². The molecule has 7 heteroatoms. The predicted octanol–water partition coefficient (Wildman–Crippen LogP) is 2.99. The maximum absolute atomic E-state index is 12.9. The van der Waals surface area contributed by atoms with E-state index in [1.165, 1.54) is 0 Å². The quantitative estimate of drug-likeness (QED) is 0.710. The third-order valence-electron chi connectivity index (χ3n) is 4.76. The van der Waals surface area contributed by atoms with E-state index < -0.39 is 10.0 Å². The van der Waals surface area contributed by atoms with Gasteiger partial charge in [0, 0.05) is 38.3 Å². The van der Waals surface area contributed by atoms with Crippen molar-refractivity contribution in [1.29, 1.82) is 0 Å². The lowest BCUT2D eigenvalue weighted by Gasteiger charge is -2.34. The summed E-state index contributed by atoms with van der Waals surface area (Å²) in [5, 5.41) is 0. The normalized spacial score (nSPS) is 16.3. The zero-order valence-electron chi connectivity index (χ0n) is 16.7. The summed E-state index contributed by atoms with van der Waals surface area (Å²) in [6.45, 7) is 7.10. The molecule has 0 amide bonds. The van der Waals surface area contributed by atoms with Crippen molar-refractivity contribution >= 4 is 10.0 Å². The molecule has 3 rings (SSSR count). The molecule has 0 saturated carbocycles. The molecule has 0 atom stereocenters. The van der Waals surface area contributed by atoms with Crippen molar-refractivity contribution < 1.29 is 17.9 Å². The molecule has 6 nitrogen and oxygen atoms in total. The average molecular weight is 405 g/mol. The zero-order chi connectivity index (χ0) is 20.1. The first-order valence-corrected chi connectivity index (χ1v) is 11.0. The molecule has 1 aliphatic rings. The number of methoxy groups -OCH3 is 1. The van der Waals surface area contributed by atoms with E-state index in [2.05, 4.69) is 11.0 Å². The smallest absolute Gasteiger partial charge is 0.243 e. The topological polar surface area (TPSA) is 59.1 Å². The highest BCUT2D eigenvalue weighted by atomic mass is 32.2. The van der Waals surface area contributed by atoms with E-state index in [1.54, 1.807) is 35.7 Å². The molecule has 1 saturated heterocycles. The van der Waals surface area contributed by atoms with Gasteiger partial charge in [0.2, 0.25) is 10.0 Å². The summed E-state index contributed by atoms with van der Waals surface area (Å²) in [5.74, 6) is 1.54. The molecule has 28 heavy (non-hydrogen) atoms. The number of ether oxygens (including phenoxy) is 2. The number of piperazine rings is 1. The maximum Gasteiger partial charge on any atom is 0.243 e.